The number of nitrogens with one attached hydrogen (secondary N) is 1. The van der Waals surface area contributed by atoms with Crippen molar-refractivity contribution in [3.8, 4) is 0 Å². The van der Waals surface area contributed by atoms with Gasteiger partial charge in [0.05, 0.1) is 12.5 Å². The summed E-state index contributed by atoms with van der Waals surface area (Å²) in [6, 6.07) is 19.9. The van der Waals surface area contributed by atoms with Crippen molar-refractivity contribution in [2.45, 2.75) is 18.9 Å². The number of amides is 1. The molecule has 1 aliphatic heterocycles. The van der Waals surface area contributed by atoms with Crippen LogP contribution in [0.1, 0.15) is 22.7 Å². The van der Waals surface area contributed by atoms with Gasteiger partial charge in [-0.3, -0.25) is 9.78 Å². The summed E-state index contributed by atoms with van der Waals surface area (Å²) in [6.07, 6.45) is 5.02. The number of hydrogen-bond acceptors (Lipinski definition) is 3. The monoisotopic (exact) mass is 391 g/mol. The van der Waals surface area contributed by atoms with Crippen LogP contribution in [-0.2, 0) is 17.6 Å². The first-order valence-corrected chi connectivity index (χ1v) is 9.84. The van der Waals surface area contributed by atoms with Crippen LogP contribution in [0.15, 0.2) is 73.1 Å². The number of rotatable bonds is 6. The van der Waals surface area contributed by atoms with E-state index in [0.29, 0.717) is 18.0 Å². The molecule has 0 bridgehead atoms. The second-order valence-electron chi connectivity index (χ2n) is 6.98. The topological polar surface area (TPSA) is 45.2 Å². The molecule has 28 heavy (non-hydrogen) atoms. The van der Waals surface area contributed by atoms with Gasteiger partial charge in [0.2, 0.25) is 5.91 Å². The first kappa shape index (κ1) is 18.5. The van der Waals surface area contributed by atoms with Crippen molar-refractivity contribution >= 4 is 23.2 Å². The predicted octanol–water partition coefficient (Wildman–Crippen LogP) is 4.20. The van der Waals surface area contributed by atoms with Crippen LogP contribution in [0.3, 0.4) is 0 Å². The Morgan fingerprint density at radius 3 is 2.71 bits per heavy atom. The molecule has 0 spiro atoms. The van der Waals surface area contributed by atoms with Gasteiger partial charge >= 0.3 is 0 Å². The smallest absolute Gasteiger partial charge is 0.224 e. The zero-order valence-corrected chi connectivity index (χ0v) is 16.3. The number of anilines is 1. The SMILES string of the molecule is O=C(Cc1ccc(Cl)cc1)NC[C@H](c1cccnc1)N1CCc2ccccc21. The summed E-state index contributed by atoms with van der Waals surface area (Å²) in [5, 5.41) is 3.79. The van der Waals surface area contributed by atoms with Crippen LogP contribution in [-0.4, -0.2) is 24.0 Å². The van der Waals surface area contributed by atoms with E-state index in [2.05, 4.69) is 45.5 Å². The standard InChI is InChI=1S/C23H22ClN3O/c24-20-9-7-17(8-10-20)14-23(28)26-16-22(19-5-3-12-25-15-19)27-13-11-18-4-1-2-6-21(18)27/h1-10,12,15,22H,11,13-14,16H2,(H,26,28)/t22-/m1/s1. The van der Waals surface area contributed by atoms with Gasteiger partial charge in [-0.1, -0.05) is 48.0 Å². The second kappa shape index (κ2) is 8.44. The van der Waals surface area contributed by atoms with Crippen molar-refractivity contribution < 1.29 is 4.79 Å². The van der Waals surface area contributed by atoms with E-state index in [0.717, 1.165) is 24.1 Å². The van der Waals surface area contributed by atoms with Crippen molar-refractivity contribution in [1.29, 1.82) is 0 Å². The molecular formula is C23H22ClN3O. The fourth-order valence-corrected chi connectivity index (χ4v) is 3.86. The molecule has 0 unspecified atom stereocenters. The number of halogens is 1. The largest absolute Gasteiger partial charge is 0.362 e. The van der Waals surface area contributed by atoms with Crippen LogP contribution in [0.25, 0.3) is 0 Å². The lowest BCUT2D eigenvalue weighted by atomic mass is 10.1. The van der Waals surface area contributed by atoms with Gasteiger partial charge in [-0.2, -0.15) is 0 Å². The Labute approximate surface area is 170 Å². The number of benzene rings is 2. The zero-order valence-electron chi connectivity index (χ0n) is 15.5. The van der Waals surface area contributed by atoms with Gasteiger partial charge in [0.25, 0.3) is 0 Å². The van der Waals surface area contributed by atoms with E-state index in [1.807, 2.05) is 36.5 Å². The number of pyridine rings is 1. The number of para-hydroxylation sites is 1. The van der Waals surface area contributed by atoms with Crippen LogP contribution in [0, 0.1) is 0 Å². The molecule has 1 aliphatic rings. The van der Waals surface area contributed by atoms with Gasteiger partial charge in [-0.25, -0.2) is 0 Å². The normalized spacial score (nSPS) is 13.8. The minimum absolute atomic E-state index is 0.00342. The fourth-order valence-electron chi connectivity index (χ4n) is 3.73. The van der Waals surface area contributed by atoms with Gasteiger partial charge < -0.3 is 10.2 Å². The van der Waals surface area contributed by atoms with E-state index in [4.69, 9.17) is 11.6 Å². The summed E-state index contributed by atoms with van der Waals surface area (Å²) in [4.78, 5) is 19.2. The quantitative estimate of drug-likeness (QED) is 0.685. The van der Waals surface area contributed by atoms with Gasteiger partial charge in [0, 0.05) is 36.2 Å². The van der Waals surface area contributed by atoms with Crippen LogP contribution in [0.4, 0.5) is 5.69 Å². The number of carbonyl (C=O) groups is 1. The highest BCUT2D eigenvalue weighted by atomic mass is 35.5. The third-order valence-electron chi connectivity index (χ3n) is 5.14. The molecule has 1 amide bonds. The molecule has 0 aliphatic carbocycles. The maximum absolute atomic E-state index is 12.5. The van der Waals surface area contributed by atoms with Crippen LogP contribution >= 0.6 is 11.6 Å². The number of carbonyl (C=O) groups excluding carboxylic acids is 1. The first-order chi connectivity index (χ1) is 13.7. The zero-order chi connectivity index (χ0) is 19.3. The lowest BCUT2D eigenvalue weighted by molar-refractivity contribution is -0.120. The maximum atomic E-state index is 12.5. The number of nitrogens with zero attached hydrogens (tertiary/aromatic N) is 2. The molecule has 3 aromatic rings. The number of hydrogen-bond donors (Lipinski definition) is 1. The predicted molar refractivity (Wildman–Crippen MR) is 113 cm³/mol. The Morgan fingerprint density at radius 2 is 1.93 bits per heavy atom. The molecule has 0 radical (unpaired) electrons. The Balaban J connectivity index is 1.49. The summed E-state index contributed by atoms with van der Waals surface area (Å²) in [5.41, 5.74) is 4.64. The first-order valence-electron chi connectivity index (χ1n) is 9.46. The highest BCUT2D eigenvalue weighted by Gasteiger charge is 2.27. The molecule has 1 N–H and O–H groups in total. The minimum atomic E-state index is 0.00342. The van der Waals surface area contributed by atoms with E-state index < -0.39 is 0 Å². The molecule has 2 heterocycles. The second-order valence-corrected chi connectivity index (χ2v) is 7.42. The van der Waals surface area contributed by atoms with Crippen molar-refractivity contribution in [3.05, 3.63) is 94.8 Å². The molecule has 142 valence electrons. The summed E-state index contributed by atoms with van der Waals surface area (Å²) in [6.45, 7) is 1.47. The van der Waals surface area contributed by atoms with Crippen LogP contribution in [0.5, 0.6) is 0 Å². The average Bonchev–Trinajstić information content (AvgIpc) is 3.15. The summed E-state index contributed by atoms with van der Waals surface area (Å²) in [7, 11) is 0. The van der Waals surface area contributed by atoms with Crippen molar-refractivity contribution in [2.75, 3.05) is 18.0 Å². The minimum Gasteiger partial charge on any atom is -0.362 e. The third kappa shape index (κ3) is 4.18. The highest BCUT2D eigenvalue weighted by molar-refractivity contribution is 6.30. The van der Waals surface area contributed by atoms with E-state index in [9.17, 15) is 4.79 Å². The van der Waals surface area contributed by atoms with E-state index in [1.54, 1.807) is 6.20 Å². The average molecular weight is 392 g/mol. The van der Waals surface area contributed by atoms with Gasteiger partial charge in [0.1, 0.15) is 0 Å². The Kier molecular flexibility index (Phi) is 5.58. The molecular weight excluding hydrogens is 370 g/mol. The number of fused-ring (bicyclic) bond motifs is 1. The third-order valence-corrected chi connectivity index (χ3v) is 5.39. The van der Waals surface area contributed by atoms with Crippen molar-refractivity contribution in [3.63, 3.8) is 0 Å². The van der Waals surface area contributed by atoms with E-state index in [-0.39, 0.29) is 11.9 Å². The van der Waals surface area contributed by atoms with Crippen LogP contribution < -0.4 is 10.2 Å². The van der Waals surface area contributed by atoms with Crippen LogP contribution in [0.2, 0.25) is 5.02 Å². The highest BCUT2D eigenvalue weighted by Crippen LogP contribution is 2.34. The molecule has 0 fully saturated rings. The maximum Gasteiger partial charge on any atom is 0.224 e. The van der Waals surface area contributed by atoms with E-state index >= 15 is 0 Å². The molecule has 4 nitrogen and oxygen atoms in total. The molecule has 0 saturated heterocycles. The van der Waals surface area contributed by atoms with Crippen molar-refractivity contribution in [2.24, 2.45) is 0 Å². The van der Waals surface area contributed by atoms with Gasteiger partial charge in [-0.05, 0) is 47.4 Å². The molecule has 2 aromatic carbocycles. The summed E-state index contributed by atoms with van der Waals surface area (Å²) < 4.78 is 0. The molecule has 5 heteroatoms. The Morgan fingerprint density at radius 1 is 1.11 bits per heavy atom. The molecule has 4 rings (SSSR count). The Bertz CT molecular complexity index is 944. The lowest BCUT2D eigenvalue weighted by Gasteiger charge is -2.31. The fraction of sp³-hybridized carbons (Fsp3) is 0.217. The molecule has 1 aromatic heterocycles. The summed E-state index contributed by atoms with van der Waals surface area (Å²) >= 11 is 5.92. The molecule has 0 saturated carbocycles. The van der Waals surface area contributed by atoms with Crippen molar-refractivity contribution in [1.82, 2.24) is 10.3 Å². The summed E-state index contributed by atoms with van der Waals surface area (Å²) in [5.74, 6) is 0.00342. The lowest BCUT2D eigenvalue weighted by Crippen LogP contribution is -2.38. The Hall–Kier alpha value is -2.85. The van der Waals surface area contributed by atoms with E-state index in [1.165, 1.54) is 11.3 Å². The molecule has 1 atom stereocenters. The van der Waals surface area contributed by atoms with Gasteiger partial charge in [0.15, 0.2) is 0 Å². The van der Waals surface area contributed by atoms with Gasteiger partial charge in [-0.15, -0.1) is 0 Å². The number of aromatic nitrogens is 1.